The molecule has 8 rings (SSSR count). The number of nitrogens with one attached hydrogen (secondary N) is 5. The molecule has 3 aliphatic heterocycles. The van der Waals surface area contributed by atoms with Crippen LogP contribution in [0.1, 0.15) is 101 Å². The minimum Gasteiger partial charge on any atom is -0.497 e. The summed E-state index contributed by atoms with van der Waals surface area (Å²) in [7, 11) is 1.91. The van der Waals surface area contributed by atoms with Gasteiger partial charge in [-0.1, -0.05) is 82.3 Å². The highest BCUT2D eigenvalue weighted by Gasteiger charge is 2.44. The van der Waals surface area contributed by atoms with Gasteiger partial charge in [0.05, 0.1) is 12.7 Å². The van der Waals surface area contributed by atoms with Gasteiger partial charge in [0.1, 0.15) is 73.0 Å². The number of carbonyl (C=O) groups is 4. The average molecular weight is 1560 g/mol. The molecule has 592 valence electrons. The van der Waals surface area contributed by atoms with Crippen LogP contribution in [0.2, 0.25) is 0 Å². The number of aliphatic carboxylic acids is 2. The number of nitrogens with two attached hydrogens (primary N) is 2. The number of carboxylic acids is 2. The van der Waals surface area contributed by atoms with Crippen molar-refractivity contribution in [1.82, 2.24) is 30.1 Å². The molecule has 0 unspecified atom stereocenters. The van der Waals surface area contributed by atoms with Crippen LogP contribution in [0.5, 0.6) is 0 Å². The van der Waals surface area contributed by atoms with Gasteiger partial charge < -0.3 is 103 Å². The van der Waals surface area contributed by atoms with Gasteiger partial charge in [-0.15, -0.1) is 0 Å². The monoisotopic (exact) mass is 1560 g/mol. The topological polar surface area (TPSA) is 618 Å². The van der Waals surface area contributed by atoms with E-state index < -0.39 is 181 Å². The number of likely N-dealkylation sites (tertiary alicyclic amines) is 2. The Morgan fingerprint density at radius 1 is 0.664 bits per heavy atom. The molecule has 110 heavy (non-hydrogen) atoms. The first-order chi connectivity index (χ1) is 52.7. The molecule has 39 heteroatoms. The van der Waals surface area contributed by atoms with Gasteiger partial charge in [0.15, 0.2) is 11.9 Å². The van der Waals surface area contributed by atoms with Gasteiger partial charge in [-0.2, -0.15) is 0 Å². The zero-order valence-corrected chi connectivity index (χ0v) is 61.9. The molecule has 2 aromatic heterocycles. The van der Waals surface area contributed by atoms with Gasteiger partial charge in [-0.25, -0.2) is 54.9 Å². The lowest BCUT2D eigenvalue weighted by molar-refractivity contribution is -0.144. The van der Waals surface area contributed by atoms with E-state index in [2.05, 4.69) is 70.2 Å². The number of benzene rings is 3. The molecule has 22 N–H and O–H groups in total. The van der Waals surface area contributed by atoms with Crippen LogP contribution >= 0.6 is 21.6 Å². The first-order valence-electron chi connectivity index (χ1n) is 35.6. The lowest BCUT2D eigenvalue weighted by atomic mass is 10.0. The highest BCUT2D eigenvalue weighted by Crippen LogP contribution is 2.31. The largest absolute Gasteiger partial charge is 0.497 e. The first kappa shape index (κ1) is 84.3. The number of aliphatic imine (C=N–C) groups is 10. The second-order valence-electron chi connectivity index (χ2n) is 26.3. The van der Waals surface area contributed by atoms with Gasteiger partial charge in [0.25, 0.3) is 0 Å². The Balaban J connectivity index is 1.23. The second-order valence-corrected chi connectivity index (χ2v) is 28.9. The van der Waals surface area contributed by atoms with E-state index in [0.29, 0.717) is 53.4 Å². The van der Waals surface area contributed by atoms with Crippen LogP contribution in [-0.4, -0.2) is 296 Å². The minimum atomic E-state index is -1.69. The number of carbonyl (C=O) groups excluding carboxylic acids is 2. The van der Waals surface area contributed by atoms with E-state index in [1.807, 2.05) is 42.5 Å². The van der Waals surface area contributed by atoms with Crippen LogP contribution in [0, 0.1) is 10.8 Å². The Labute approximate surface area is 638 Å². The summed E-state index contributed by atoms with van der Waals surface area (Å²) in [5.41, 5.74) is 13.5. The van der Waals surface area contributed by atoms with Crippen LogP contribution < -0.4 is 16.8 Å². The summed E-state index contributed by atoms with van der Waals surface area (Å²) in [6.07, 6.45) is 3.44. The molecule has 2 fully saturated rings. The molecule has 2 amide bonds. The van der Waals surface area contributed by atoms with Crippen LogP contribution in [0.3, 0.4) is 0 Å². The van der Waals surface area contributed by atoms with E-state index in [1.54, 1.807) is 30.5 Å². The van der Waals surface area contributed by atoms with Gasteiger partial charge >= 0.3 is 11.9 Å². The molecule has 0 spiro atoms. The van der Waals surface area contributed by atoms with Gasteiger partial charge in [0, 0.05) is 92.7 Å². The van der Waals surface area contributed by atoms with Gasteiger partial charge in [0.2, 0.25) is 70.8 Å². The second kappa shape index (κ2) is 41.3. The van der Waals surface area contributed by atoms with E-state index in [9.17, 15) is 80.8 Å². The molecule has 0 saturated carbocycles. The number of aliphatic hydroxyl groups excluding tert-OH is 11. The maximum absolute atomic E-state index is 15.3. The number of amides is 2. The lowest BCUT2D eigenvalue weighted by Gasteiger charge is -2.32. The molecule has 5 heterocycles. The maximum Gasteiger partial charge on any atom is 0.306 e. The highest BCUT2D eigenvalue weighted by molar-refractivity contribution is 8.76. The third kappa shape index (κ3) is 24.8. The summed E-state index contributed by atoms with van der Waals surface area (Å²) in [6, 6.07) is 3.90. The van der Waals surface area contributed by atoms with Crippen molar-refractivity contribution in [3.63, 3.8) is 0 Å². The number of aliphatic hydroxyl groups is 11. The first-order valence-corrected chi connectivity index (χ1v) is 38.1. The predicted octanol–water partition coefficient (Wildman–Crippen LogP) is 6.62. The molecule has 11 atom stereocenters. The Hall–Kier alpha value is -11.4. The molecular formula is C71H94N20O17S2. The third-order valence-corrected chi connectivity index (χ3v) is 20.5. The summed E-state index contributed by atoms with van der Waals surface area (Å²) in [5, 5.41) is 168. The Kier molecular flexibility index (Phi) is 31.6. The molecule has 2 saturated heterocycles. The number of nitrogens with zero attached hydrogens (tertiary/aromatic N) is 13. The number of fused-ring (bicyclic) bond motifs is 2. The van der Waals surface area contributed by atoms with E-state index in [-0.39, 0.29) is 95.0 Å². The van der Waals surface area contributed by atoms with Crippen LogP contribution in [0.25, 0.3) is 21.7 Å². The Morgan fingerprint density at radius 3 is 1.95 bits per heavy atom. The number of aromatic amines is 2. The number of unbranched alkanes of at least 4 members (excludes halogenated alkanes) is 1. The van der Waals surface area contributed by atoms with E-state index in [0.717, 1.165) is 32.4 Å². The number of hydrogen-bond acceptors (Lipinski definition) is 20. The quantitative estimate of drug-likeness (QED) is 0.0114. The maximum atomic E-state index is 15.3. The van der Waals surface area contributed by atoms with Gasteiger partial charge in [-0.3, -0.25) is 30.0 Å². The molecular weight excluding hydrogens is 1470 g/mol. The number of imidazole rings is 1. The Morgan fingerprint density at radius 2 is 1.29 bits per heavy atom. The fourth-order valence-electron chi connectivity index (χ4n) is 12.6. The van der Waals surface area contributed by atoms with Crippen LogP contribution in [0.15, 0.2) is 135 Å². The predicted molar refractivity (Wildman–Crippen MR) is 423 cm³/mol. The molecule has 37 nitrogen and oxygen atoms in total. The van der Waals surface area contributed by atoms with Crippen molar-refractivity contribution in [3.05, 3.63) is 102 Å². The smallest absolute Gasteiger partial charge is 0.306 e. The van der Waals surface area contributed by atoms with Crippen molar-refractivity contribution in [2.45, 2.75) is 170 Å². The van der Waals surface area contributed by atoms with E-state index in [4.69, 9.17) is 22.3 Å². The summed E-state index contributed by atoms with van der Waals surface area (Å²) in [6.45, 7) is 0.743. The fraction of sp³-hybridized carbons (Fsp3) is 0.479. The standard InChI is InChI=1S/C71H94N20O17S2/c1-38(92)81-53-35-109-110-36-54(69(107)91-26-10-18-56(91)70(108)90-25-9-17-55(90)68(106)85-46(15-6-7-23-72)62(100)86-49(60(73)98)31-59(96)97)82-57(93)34-79-61(99)51(29-42-32-78-45-14-5-4-13-44(42)45)88-63(101)47(16-8-24-77-71(74)75)83-65(103)50(28-39-19-20-40-11-2-3-12-41(40)27-39)87-66(104)52(30-43-33-76-37-80-43)89-64(102)48(84-67(53)105)21-22-58(94)95/h2-5,11-14,19-20,27,32-33,37,46-56,78H,6-10,15-18,21-26,28-31,34-36,72H2,1H3,(H2,73,98)(H,76,80)(H,79,99)(H,81,92)(H,82,93)(H,83,103)(H,84,105)(H,85,106)(H,86,100)(H,87,104)(H,88,101)(H,89,102)(H,94,95)(H,96,97)(H4,74,75,77)/t46-,47-,48-,49+,50+,51-,52-,53-,54+,55-,56-/m0/s1. The lowest BCUT2D eigenvalue weighted by Crippen LogP contribution is -2.53. The Bertz CT molecular complexity index is 4350. The molecule has 5 aromatic rings. The average Bonchev–Trinajstić information content (AvgIpc) is 1.61. The number of para-hydroxylation sites is 1. The molecule has 3 aliphatic rings. The number of rotatable bonds is 27. The number of aromatic nitrogens is 3. The van der Waals surface area contributed by atoms with Crippen molar-refractivity contribution in [1.29, 1.82) is 10.8 Å². The van der Waals surface area contributed by atoms with Gasteiger partial charge in [-0.05, 0) is 98.7 Å². The van der Waals surface area contributed by atoms with Crippen molar-refractivity contribution in [2.24, 2.45) is 61.4 Å². The zero-order valence-electron chi connectivity index (χ0n) is 60.2. The molecule has 0 bridgehead atoms. The number of H-pyrrole nitrogens is 2. The van der Waals surface area contributed by atoms with Crippen molar-refractivity contribution < 1.29 is 85.6 Å². The normalized spacial score (nSPS) is 22.9. The van der Waals surface area contributed by atoms with Crippen molar-refractivity contribution in [2.75, 3.05) is 44.2 Å². The minimum absolute atomic E-state index is 0.00707. The fourth-order valence-corrected chi connectivity index (χ4v) is 14.9. The molecule has 3 aromatic carbocycles. The molecule has 0 radical (unpaired) electrons. The SMILES string of the molecule is CC(O)=N[C@H]1CSSC[C@H](C(=O)N2CCC[C@H]2C(=O)N2CCC[C@H]2C(O)=N[C@@H](CCCCN)C(O)=N[C@H](CC(=O)O)C(=N)O)N=C(O)CN=C(O)[C@H](Cc2c[nH]c3ccccc23)N=C(O)[C@H](CCCNC(=N)N)N=C(O)[C@@H](Cc2ccc3ccccc3c2)N=C(O)[C@H](Cc2cnc[nH]2)N=C(O)[C@H](CCC(=O)O)N=C1O. The third-order valence-electron chi connectivity index (χ3n) is 18.1. The van der Waals surface area contributed by atoms with Crippen LogP contribution in [-0.2, 0) is 38.4 Å². The van der Waals surface area contributed by atoms with Crippen LogP contribution in [0.4, 0.5) is 0 Å². The van der Waals surface area contributed by atoms with E-state index in [1.165, 1.54) is 29.2 Å². The number of carboxylic acid groups (broad SMARTS) is 2. The summed E-state index contributed by atoms with van der Waals surface area (Å²) >= 11 is 0. The van der Waals surface area contributed by atoms with Crippen molar-refractivity contribution >= 4 is 138 Å². The summed E-state index contributed by atoms with van der Waals surface area (Å²) < 4.78 is 0. The van der Waals surface area contributed by atoms with Crippen molar-refractivity contribution in [3.8, 4) is 0 Å². The summed E-state index contributed by atoms with van der Waals surface area (Å²) in [4.78, 5) is 110. The summed E-state index contributed by atoms with van der Waals surface area (Å²) in [5.74, 6) is -13.9. The molecule has 0 aliphatic carbocycles. The number of guanidine groups is 1. The highest BCUT2D eigenvalue weighted by atomic mass is 33.1. The zero-order chi connectivity index (χ0) is 79.6. The number of hydrogen-bond donors (Lipinski definition) is 20. The van der Waals surface area contributed by atoms with E-state index >= 15 is 4.79 Å².